The Balaban J connectivity index is 1.79. The number of halogens is 3. The Kier molecular flexibility index (Phi) is 4.66. The standard InChI is InChI=1S/C24H21F3N2O2/c1-15-13-24(26,27)18-5-3-2-4-17(18)20-12-16-6-7-19(28-8-10-31-11-9-28)22(25)21(16)23(30)29(20)14-15/h2-7,12-13H,8-11,14H2,1H3. The number of aromatic nitrogens is 1. The van der Waals surface area contributed by atoms with Gasteiger partial charge in [0.1, 0.15) is 0 Å². The number of anilines is 1. The molecule has 31 heavy (non-hydrogen) atoms. The molecule has 0 bridgehead atoms. The van der Waals surface area contributed by atoms with Gasteiger partial charge in [-0.25, -0.2) is 4.39 Å². The first-order chi connectivity index (χ1) is 14.9. The second-order valence-electron chi connectivity index (χ2n) is 8.04. The highest BCUT2D eigenvalue weighted by Gasteiger charge is 2.34. The molecule has 2 aromatic carbocycles. The number of benzene rings is 2. The summed E-state index contributed by atoms with van der Waals surface area (Å²) in [5, 5.41) is 0.372. The molecule has 0 aliphatic carbocycles. The highest BCUT2D eigenvalue weighted by Crippen LogP contribution is 2.40. The van der Waals surface area contributed by atoms with Crippen LogP contribution in [0.5, 0.6) is 0 Å². The average Bonchev–Trinajstić information content (AvgIpc) is 2.75. The van der Waals surface area contributed by atoms with Crippen LogP contribution in [0.3, 0.4) is 0 Å². The van der Waals surface area contributed by atoms with Gasteiger partial charge in [0.2, 0.25) is 0 Å². The van der Waals surface area contributed by atoms with Crippen molar-refractivity contribution in [2.45, 2.75) is 19.4 Å². The molecule has 1 saturated heterocycles. The molecule has 3 aromatic rings. The summed E-state index contributed by atoms with van der Waals surface area (Å²) < 4.78 is 52.0. The number of rotatable bonds is 1. The molecule has 2 aliphatic heterocycles. The van der Waals surface area contributed by atoms with Gasteiger partial charge in [-0.2, -0.15) is 8.78 Å². The number of allylic oxidation sites excluding steroid dienone is 2. The van der Waals surface area contributed by atoms with Gasteiger partial charge in [0.05, 0.1) is 30.0 Å². The van der Waals surface area contributed by atoms with E-state index in [2.05, 4.69) is 0 Å². The Labute approximate surface area is 177 Å². The molecule has 160 valence electrons. The minimum Gasteiger partial charge on any atom is -0.378 e. The number of hydrogen-bond donors (Lipinski definition) is 0. The predicted molar refractivity (Wildman–Crippen MR) is 114 cm³/mol. The van der Waals surface area contributed by atoms with Crippen molar-refractivity contribution in [1.82, 2.24) is 4.57 Å². The van der Waals surface area contributed by atoms with Gasteiger partial charge >= 0.3 is 0 Å². The van der Waals surface area contributed by atoms with Crippen molar-refractivity contribution in [2.75, 3.05) is 31.2 Å². The lowest BCUT2D eigenvalue weighted by atomic mass is 9.94. The second-order valence-corrected chi connectivity index (χ2v) is 8.04. The molecule has 5 rings (SSSR count). The van der Waals surface area contributed by atoms with Crippen LogP contribution < -0.4 is 10.5 Å². The number of pyridine rings is 1. The summed E-state index contributed by atoms with van der Waals surface area (Å²) >= 11 is 0. The summed E-state index contributed by atoms with van der Waals surface area (Å²) in [6.07, 6.45) is 0.881. The zero-order chi connectivity index (χ0) is 21.8. The lowest BCUT2D eigenvalue weighted by Gasteiger charge is -2.29. The van der Waals surface area contributed by atoms with Gasteiger partial charge in [-0.1, -0.05) is 35.9 Å². The Morgan fingerprint density at radius 3 is 2.58 bits per heavy atom. The molecule has 7 heteroatoms. The van der Waals surface area contributed by atoms with Gasteiger partial charge < -0.3 is 14.2 Å². The van der Waals surface area contributed by atoms with E-state index in [1.54, 1.807) is 43.3 Å². The maximum atomic E-state index is 15.6. The summed E-state index contributed by atoms with van der Waals surface area (Å²) in [5.74, 6) is -3.75. The molecule has 0 unspecified atom stereocenters. The zero-order valence-corrected chi connectivity index (χ0v) is 17.0. The quantitative estimate of drug-likeness (QED) is 0.530. The van der Waals surface area contributed by atoms with E-state index < -0.39 is 17.3 Å². The van der Waals surface area contributed by atoms with E-state index >= 15 is 4.39 Å². The van der Waals surface area contributed by atoms with Gasteiger partial charge in [-0.3, -0.25) is 4.79 Å². The van der Waals surface area contributed by atoms with Crippen LogP contribution in [0.25, 0.3) is 22.0 Å². The average molecular weight is 426 g/mol. The molecule has 0 atom stereocenters. The summed E-state index contributed by atoms with van der Waals surface area (Å²) in [6.45, 7) is 3.60. The van der Waals surface area contributed by atoms with Crippen LogP contribution in [0.15, 0.2) is 58.9 Å². The van der Waals surface area contributed by atoms with E-state index in [4.69, 9.17) is 4.74 Å². The lowest BCUT2D eigenvalue weighted by Crippen LogP contribution is -2.37. The Morgan fingerprint density at radius 1 is 1.06 bits per heavy atom. The molecule has 0 amide bonds. The van der Waals surface area contributed by atoms with Crippen molar-refractivity contribution in [3.05, 3.63) is 75.8 Å². The van der Waals surface area contributed by atoms with Crippen LogP contribution in [-0.2, 0) is 17.2 Å². The van der Waals surface area contributed by atoms with E-state index in [9.17, 15) is 13.6 Å². The van der Waals surface area contributed by atoms with Crippen molar-refractivity contribution in [2.24, 2.45) is 0 Å². The van der Waals surface area contributed by atoms with Crippen LogP contribution in [-0.4, -0.2) is 30.9 Å². The van der Waals surface area contributed by atoms with E-state index in [0.29, 0.717) is 48.6 Å². The molecule has 1 aromatic heterocycles. The minimum absolute atomic E-state index is 0.0228. The van der Waals surface area contributed by atoms with Crippen molar-refractivity contribution in [3.8, 4) is 11.3 Å². The Morgan fingerprint density at radius 2 is 1.81 bits per heavy atom. The third-order valence-electron chi connectivity index (χ3n) is 5.94. The summed E-state index contributed by atoms with van der Waals surface area (Å²) in [5.41, 5.74) is 0.636. The van der Waals surface area contributed by atoms with E-state index in [0.717, 1.165) is 6.08 Å². The first-order valence-corrected chi connectivity index (χ1v) is 10.2. The highest BCUT2D eigenvalue weighted by molar-refractivity contribution is 5.89. The molecular weight excluding hydrogens is 405 g/mol. The molecule has 0 spiro atoms. The van der Waals surface area contributed by atoms with E-state index in [1.165, 1.54) is 10.6 Å². The molecular formula is C24H21F3N2O2. The maximum absolute atomic E-state index is 15.6. The first-order valence-electron chi connectivity index (χ1n) is 10.2. The fourth-order valence-corrected chi connectivity index (χ4v) is 4.50. The zero-order valence-electron chi connectivity index (χ0n) is 17.0. The second kappa shape index (κ2) is 7.27. The van der Waals surface area contributed by atoms with Crippen molar-refractivity contribution in [1.29, 1.82) is 0 Å². The van der Waals surface area contributed by atoms with Crippen LogP contribution in [0, 0.1) is 5.82 Å². The normalized spacial score (nSPS) is 18.1. The summed E-state index contributed by atoms with van der Waals surface area (Å²) in [7, 11) is 0. The molecule has 1 fully saturated rings. The number of ether oxygens (including phenoxy) is 1. The van der Waals surface area contributed by atoms with Gasteiger partial charge in [0.25, 0.3) is 11.5 Å². The SMILES string of the molecule is CC1=CC(F)(F)c2ccccc2-c2cc3ccc(N4CCOCC4)c(F)c3c(=O)n2C1. The van der Waals surface area contributed by atoms with Crippen LogP contribution in [0.4, 0.5) is 18.9 Å². The number of nitrogens with zero attached hydrogens (tertiary/aromatic N) is 2. The van der Waals surface area contributed by atoms with E-state index in [-0.39, 0.29) is 23.1 Å². The van der Waals surface area contributed by atoms with Crippen molar-refractivity contribution >= 4 is 16.5 Å². The number of hydrogen-bond acceptors (Lipinski definition) is 3. The summed E-state index contributed by atoms with van der Waals surface area (Å²) in [4.78, 5) is 15.3. The molecule has 3 heterocycles. The topological polar surface area (TPSA) is 34.5 Å². The van der Waals surface area contributed by atoms with Crippen molar-refractivity contribution < 1.29 is 17.9 Å². The molecule has 0 N–H and O–H groups in total. The predicted octanol–water partition coefficient (Wildman–Crippen LogP) is 4.70. The molecule has 2 aliphatic rings. The highest BCUT2D eigenvalue weighted by atomic mass is 19.3. The molecule has 0 saturated carbocycles. The largest absolute Gasteiger partial charge is 0.378 e. The van der Waals surface area contributed by atoms with E-state index in [1.807, 2.05) is 4.90 Å². The summed E-state index contributed by atoms with van der Waals surface area (Å²) in [6, 6.07) is 11.1. The van der Waals surface area contributed by atoms with Gasteiger partial charge in [-0.15, -0.1) is 0 Å². The van der Waals surface area contributed by atoms with Crippen LogP contribution in [0.2, 0.25) is 0 Å². The monoisotopic (exact) mass is 426 g/mol. The molecule has 4 nitrogen and oxygen atoms in total. The third-order valence-corrected chi connectivity index (χ3v) is 5.94. The van der Waals surface area contributed by atoms with Crippen LogP contribution >= 0.6 is 0 Å². The fourth-order valence-electron chi connectivity index (χ4n) is 4.50. The number of morpholine rings is 1. The minimum atomic E-state index is -3.16. The smallest absolute Gasteiger partial charge is 0.292 e. The van der Waals surface area contributed by atoms with Gasteiger partial charge in [-0.05, 0) is 30.5 Å². The fraction of sp³-hybridized carbons (Fsp3) is 0.292. The van der Waals surface area contributed by atoms with Gasteiger partial charge in [0.15, 0.2) is 5.82 Å². The Bertz CT molecular complexity index is 1270. The third kappa shape index (κ3) is 3.24. The first kappa shape index (κ1) is 19.9. The van der Waals surface area contributed by atoms with Crippen molar-refractivity contribution in [3.63, 3.8) is 0 Å². The van der Waals surface area contributed by atoms with Crippen LogP contribution in [0.1, 0.15) is 12.5 Å². The maximum Gasteiger partial charge on any atom is 0.292 e. The Hall–Kier alpha value is -3.06. The molecule has 0 radical (unpaired) electrons. The number of fused-ring (bicyclic) bond motifs is 4. The van der Waals surface area contributed by atoms with Gasteiger partial charge in [0, 0.05) is 30.8 Å². The lowest BCUT2D eigenvalue weighted by molar-refractivity contribution is 0.0512. The number of alkyl halides is 2.